The molecule has 2 aliphatic heterocycles. The van der Waals surface area contributed by atoms with E-state index in [0.717, 1.165) is 32.0 Å². The monoisotopic (exact) mass is 340 g/mol. The molecule has 0 aliphatic carbocycles. The number of amides is 1. The number of likely N-dealkylation sites (N-methyl/N-ethyl adjacent to an activating group) is 1. The second-order valence-corrected chi connectivity index (χ2v) is 6.61. The van der Waals surface area contributed by atoms with E-state index in [2.05, 4.69) is 43.3 Å². The Kier molecular flexibility index (Phi) is 5.29. The molecule has 3 rings (SSSR count). The Bertz CT molecular complexity index is 681. The van der Waals surface area contributed by atoms with Crippen molar-refractivity contribution >= 4 is 17.5 Å². The summed E-state index contributed by atoms with van der Waals surface area (Å²) in [4.78, 5) is 21.3. The molecule has 0 spiro atoms. The number of piperazine rings is 1. The summed E-state index contributed by atoms with van der Waals surface area (Å²) in [6.45, 7) is 3.93. The number of hydrogen-bond acceptors (Lipinski definition) is 6. The molecule has 0 atom stereocenters. The lowest BCUT2D eigenvalue weighted by Gasteiger charge is -2.33. The Morgan fingerprint density at radius 3 is 2.72 bits per heavy atom. The molecule has 1 saturated heterocycles. The third kappa shape index (κ3) is 4.77. The minimum atomic E-state index is -0.418. The number of pyridine rings is 1. The van der Waals surface area contributed by atoms with Gasteiger partial charge in [0.2, 0.25) is 5.91 Å². The molecule has 0 aromatic carbocycles. The number of anilines is 2. The van der Waals surface area contributed by atoms with E-state index in [-0.39, 0.29) is 5.91 Å². The average molecular weight is 340 g/mol. The Hall–Kier alpha value is -2.46. The first-order valence-corrected chi connectivity index (χ1v) is 8.68. The first kappa shape index (κ1) is 17.4. The van der Waals surface area contributed by atoms with Gasteiger partial charge in [0.25, 0.3) is 0 Å². The first-order chi connectivity index (χ1) is 12.1. The molecule has 1 aromatic rings. The van der Waals surface area contributed by atoms with Crippen LogP contribution in [0.3, 0.4) is 0 Å². The summed E-state index contributed by atoms with van der Waals surface area (Å²) in [5.74, 6) is 4.02. The van der Waals surface area contributed by atoms with E-state index in [1.165, 1.54) is 0 Å². The van der Waals surface area contributed by atoms with Gasteiger partial charge in [-0.3, -0.25) is 4.79 Å². The van der Waals surface area contributed by atoms with Crippen LogP contribution in [0.15, 0.2) is 28.4 Å². The van der Waals surface area contributed by atoms with Crippen LogP contribution in [0.1, 0.15) is 25.7 Å². The predicted molar refractivity (Wildman–Crippen MR) is 97.5 cm³/mol. The van der Waals surface area contributed by atoms with Gasteiger partial charge in [0.1, 0.15) is 11.6 Å². The van der Waals surface area contributed by atoms with Crippen molar-refractivity contribution in [2.75, 3.05) is 43.4 Å². The zero-order valence-corrected chi connectivity index (χ0v) is 14.6. The highest BCUT2D eigenvalue weighted by Gasteiger charge is 2.39. The first-order valence-electron chi connectivity index (χ1n) is 8.68. The minimum absolute atomic E-state index is 0.0691. The van der Waals surface area contributed by atoms with E-state index >= 15 is 0 Å². The SMILES string of the molecule is C#CCCC1(CCC(=O)Nc2cccc(N3CCN(C)CC3)n2)N=N1. The van der Waals surface area contributed by atoms with Crippen LogP contribution in [0.5, 0.6) is 0 Å². The number of hydrogen-bond donors (Lipinski definition) is 1. The van der Waals surface area contributed by atoms with Crippen LogP contribution in [0, 0.1) is 12.3 Å². The maximum atomic E-state index is 12.2. The fraction of sp³-hybridized carbons (Fsp3) is 0.556. The van der Waals surface area contributed by atoms with Crippen LogP contribution in [0.25, 0.3) is 0 Å². The van der Waals surface area contributed by atoms with Crippen LogP contribution in [-0.4, -0.2) is 54.7 Å². The molecule has 0 saturated carbocycles. The van der Waals surface area contributed by atoms with Gasteiger partial charge in [-0.05, 0) is 19.2 Å². The van der Waals surface area contributed by atoms with Gasteiger partial charge in [-0.15, -0.1) is 12.3 Å². The van der Waals surface area contributed by atoms with Crippen molar-refractivity contribution in [3.8, 4) is 12.3 Å². The fourth-order valence-electron chi connectivity index (χ4n) is 2.89. The second kappa shape index (κ2) is 7.62. The standard InChI is InChI=1S/C18H24N6O/c1-3-4-9-18(21-22-18)10-8-17(25)20-15-6-5-7-16(19-15)24-13-11-23(2)12-14-24/h1,5-7H,4,8-14H2,2H3,(H,19,20,25). The van der Waals surface area contributed by atoms with E-state index < -0.39 is 5.66 Å². The van der Waals surface area contributed by atoms with Gasteiger partial charge in [0.05, 0.1) is 0 Å². The number of carbonyl (C=O) groups excluding carboxylic acids is 1. The maximum absolute atomic E-state index is 12.2. The van der Waals surface area contributed by atoms with E-state index in [4.69, 9.17) is 6.42 Å². The summed E-state index contributed by atoms with van der Waals surface area (Å²) >= 11 is 0. The molecule has 7 nitrogen and oxygen atoms in total. The molecule has 2 aliphatic rings. The van der Waals surface area contributed by atoms with E-state index in [0.29, 0.717) is 31.5 Å². The second-order valence-electron chi connectivity index (χ2n) is 6.61. The molecule has 1 N–H and O–H groups in total. The quantitative estimate of drug-likeness (QED) is 0.772. The summed E-state index contributed by atoms with van der Waals surface area (Å²) < 4.78 is 0. The molecule has 1 fully saturated rings. The predicted octanol–water partition coefficient (Wildman–Crippen LogP) is 2.13. The third-order valence-corrected chi connectivity index (χ3v) is 4.63. The molecule has 1 amide bonds. The lowest BCUT2D eigenvalue weighted by molar-refractivity contribution is -0.116. The van der Waals surface area contributed by atoms with Crippen molar-refractivity contribution < 1.29 is 4.79 Å². The molecule has 7 heteroatoms. The lowest BCUT2D eigenvalue weighted by atomic mass is 10.0. The highest BCUT2D eigenvalue weighted by atomic mass is 16.1. The summed E-state index contributed by atoms with van der Waals surface area (Å²) in [6, 6.07) is 5.73. The highest BCUT2D eigenvalue weighted by molar-refractivity contribution is 5.90. The van der Waals surface area contributed by atoms with Crippen LogP contribution in [0.2, 0.25) is 0 Å². The van der Waals surface area contributed by atoms with Crippen LogP contribution in [0.4, 0.5) is 11.6 Å². The van der Waals surface area contributed by atoms with Crippen molar-refractivity contribution in [2.45, 2.75) is 31.3 Å². The van der Waals surface area contributed by atoms with Crippen molar-refractivity contribution in [3.63, 3.8) is 0 Å². The number of aromatic nitrogens is 1. The van der Waals surface area contributed by atoms with Gasteiger partial charge in [-0.1, -0.05) is 6.07 Å². The van der Waals surface area contributed by atoms with Gasteiger partial charge in [-0.25, -0.2) is 4.98 Å². The Balaban J connectivity index is 1.50. The number of nitrogens with zero attached hydrogens (tertiary/aromatic N) is 5. The zero-order chi connectivity index (χ0) is 17.7. The number of rotatable bonds is 7. The van der Waals surface area contributed by atoms with Gasteiger partial charge in [0, 0.05) is 51.9 Å². The lowest BCUT2D eigenvalue weighted by Crippen LogP contribution is -2.44. The molecule has 0 bridgehead atoms. The molecule has 132 valence electrons. The summed E-state index contributed by atoms with van der Waals surface area (Å²) in [7, 11) is 2.12. The molecule has 0 unspecified atom stereocenters. The fourth-order valence-corrected chi connectivity index (χ4v) is 2.89. The minimum Gasteiger partial charge on any atom is -0.354 e. The number of carbonyl (C=O) groups is 1. The van der Waals surface area contributed by atoms with Crippen LogP contribution in [-0.2, 0) is 4.79 Å². The summed E-state index contributed by atoms with van der Waals surface area (Å²) in [6.07, 6.45) is 7.58. The summed E-state index contributed by atoms with van der Waals surface area (Å²) in [5.41, 5.74) is -0.418. The Morgan fingerprint density at radius 1 is 1.28 bits per heavy atom. The van der Waals surface area contributed by atoms with E-state index in [1.54, 1.807) is 0 Å². The van der Waals surface area contributed by atoms with Crippen molar-refractivity contribution in [1.29, 1.82) is 0 Å². The smallest absolute Gasteiger partial charge is 0.225 e. The van der Waals surface area contributed by atoms with E-state index in [1.807, 2.05) is 18.2 Å². The van der Waals surface area contributed by atoms with E-state index in [9.17, 15) is 4.79 Å². The largest absolute Gasteiger partial charge is 0.354 e. The average Bonchev–Trinajstić information content (AvgIpc) is 3.40. The van der Waals surface area contributed by atoms with Gasteiger partial charge in [-0.2, -0.15) is 10.2 Å². The normalized spacial score (nSPS) is 18.6. The van der Waals surface area contributed by atoms with Crippen molar-refractivity contribution in [1.82, 2.24) is 9.88 Å². The Morgan fingerprint density at radius 2 is 2.04 bits per heavy atom. The van der Waals surface area contributed by atoms with Gasteiger partial charge in [0.15, 0.2) is 5.66 Å². The van der Waals surface area contributed by atoms with Crippen LogP contribution >= 0.6 is 0 Å². The summed E-state index contributed by atoms with van der Waals surface area (Å²) in [5, 5.41) is 11.0. The van der Waals surface area contributed by atoms with Gasteiger partial charge >= 0.3 is 0 Å². The molecule has 3 heterocycles. The van der Waals surface area contributed by atoms with Crippen molar-refractivity contribution in [3.05, 3.63) is 18.2 Å². The molecular formula is C18H24N6O. The Labute approximate surface area is 148 Å². The van der Waals surface area contributed by atoms with Gasteiger partial charge < -0.3 is 15.1 Å². The topological polar surface area (TPSA) is 73.2 Å². The molecular weight excluding hydrogens is 316 g/mol. The number of terminal acetylenes is 1. The highest BCUT2D eigenvalue weighted by Crippen LogP contribution is 2.37. The number of nitrogens with one attached hydrogen (secondary N) is 1. The van der Waals surface area contributed by atoms with Crippen molar-refractivity contribution in [2.24, 2.45) is 10.2 Å². The molecule has 25 heavy (non-hydrogen) atoms. The maximum Gasteiger partial charge on any atom is 0.225 e. The molecule has 0 radical (unpaired) electrons. The van der Waals surface area contributed by atoms with Crippen LogP contribution < -0.4 is 10.2 Å². The zero-order valence-electron chi connectivity index (χ0n) is 14.6. The molecule has 1 aromatic heterocycles. The third-order valence-electron chi connectivity index (χ3n) is 4.63.